The quantitative estimate of drug-likeness (QED) is 0.589. The van der Waals surface area contributed by atoms with Crippen LogP contribution in [0.2, 0.25) is 0 Å². The number of nitrogens with zero attached hydrogens (tertiary/aromatic N) is 1. The third-order valence-electron chi connectivity index (χ3n) is 5.97. The summed E-state index contributed by atoms with van der Waals surface area (Å²) in [5, 5.41) is 14.1. The van der Waals surface area contributed by atoms with Crippen molar-refractivity contribution in [2.24, 2.45) is 0 Å². The molecule has 0 aromatic heterocycles. The van der Waals surface area contributed by atoms with Crippen molar-refractivity contribution in [3.63, 3.8) is 0 Å². The van der Waals surface area contributed by atoms with E-state index in [4.69, 9.17) is 9.84 Å². The van der Waals surface area contributed by atoms with E-state index in [0.29, 0.717) is 0 Å². The van der Waals surface area contributed by atoms with Crippen molar-refractivity contribution in [2.45, 2.75) is 24.8 Å². The van der Waals surface area contributed by atoms with Crippen LogP contribution >= 0.6 is 0 Å². The molecule has 1 aliphatic heterocycles. The van der Waals surface area contributed by atoms with Crippen molar-refractivity contribution < 1.29 is 29.0 Å². The van der Waals surface area contributed by atoms with Crippen molar-refractivity contribution in [1.29, 1.82) is 0 Å². The summed E-state index contributed by atoms with van der Waals surface area (Å²) < 4.78 is 5.44. The van der Waals surface area contributed by atoms with E-state index >= 15 is 0 Å². The van der Waals surface area contributed by atoms with Gasteiger partial charge in [0.15, 0.2) is 0 Å². The lowest BCUT2D eigenvalue weighted by Gasteiger charge is -2.34. The summed E-state index contributed by atoms with van der Waals surface area (Å²) >= 11 is 0. The number of aliphatic carboxylic acids is 1. The molecule has 3 amide bonds. The molecule has 1 unspecified atom stereocenters. The lowest BCUT2D eigenvalue weighted by atomic mass is 9.98. The molecule has 3 N–H and O–H groups in total. The van der Waals surface area contributed by atoms with E-state index in [1.807, 2.05) is 36.4 Å². The number of carboxylic acid groups (broad SMARTS) is 1. The van der Waals surface area contributed by atoms with Crippen LogP contribution in [-0.4, -0.2) is 66.2 Å². The van der Waals surface area contributed by atoms with Crippen molar-refractivity contribution in [2.75, 3.05) is 26.2 Å². The Hall–Kier alpha value is -3.88. The number of amides is 3. The Kier molecular flexibility index (Phi) is 6.58. The van der Waals surface area contributed by atoms with Crippen molar-refractivity contribution in [3.8, 4) is 11.1 Å². The minimum atomic E-state index is -1.16. The van der Waals surface area contributed by atoms with Gasteiger partial charge < -0.3 is 25.4 Å². The molecular weight excluding hydrogens is 426 g/mol. The van der Waals surface area contributed by atoms with E-state index in [-0.39, 0.29) is 38.6 Å². The fourth-order valence-corrected chi connectivity index (χ4v) is 4.45. The second kappa shape index (κ2) is 9.72. The van der Waals surface area contributed by atoms with Crippen LogP contribution in [0.15, 0.2) is 48.5 Å². The van der Waals surface area contributed by atoms with Gasteiger partial charge in [0.25, 0.3) is 0 Å². The van der Waals surface area contributed by atoms with E-state index in [9.17, 15) is 19.2 Å². The number of hydrogen-bond donors (Lipinski definition) is 3. The topological polar surface area (TPSA) is 125 Å². The van der Waals surface area contributed by atoms with Gasteiger partial charge in [-0.2, -0.15) is 0 Å². The number of benzene rings is 2. The van der Waals surface area contributed by atoms with Gasteiger partial charge in [0.2, 0.25) is 11.8 Å². The normalized spacial score (nSPS) is 17.0. The van der Waals surface area contributed by atoms with Crippen molar-refractivity contribution >= 4 is 23.9 Å². The molecule has 1 fully saturated rings. The Morgan fingerprint density at radius 1 is 1.06 bits per heavy atom. The molecule has 172 valence electrons. The van der Waals surface area contributed by atoms with Crippen LogP contribution in [0.3, 0.4) is 0 Å². The van der Waals surface area contributed by atoms with Gasteiger partial charge in [-0.1, -0.05) is 48.5 Å². The van der Waals surface area contributed by atoms with E-state index in [1.165, 1.54) is 4.90 Å². The summed E-state index contributed by atoms with van der Waals surface area (Å²) in [6, 6.07) is 15.0. The average molecular weight is 451 g/mol. The maximum Gasteiger partial charge on any atom is 0.407 e. The number of nitrogens with one attached hydrogen (secondary N) is 2. The van der Waals surface area contributed by atoms with Crippen LogP contribution in [0, 0.1) is 0 Å². The predicted octanol–water partition coefficient (Wildman–Crippen LogP) is 1.72. The molecule has 1 saturated heterocycles. The lowest BCUT2D eigenvalue weighted by Crippen LogP contribution is -2.58. The molecule has 0 radical (unpaired) electrons. The molecule has 4 rings (SSSR count). The summed E-state index contributed by atoms with van der Waals surface area (Å²) in [6.07, 6.45) is -1.16. The van der Waals surface area contributed by atoms with E-state index in [0.717, 1.165) is 22.3 Å². The van der Waals surface area contributed by atoms with Gasteiger partial charge in [0.1, 0.15) is 12.6 Å². The summed E-state index contributed by atoms with van der Waals surface area (Å²) in [5.74, 6) is -2.10. The van der Waals surface area contributed by atoms with Crippen LogP contribution < -0.4 is 10.6 Å². The van der Waals surface area contributed by atoms with Gasteiger partial charge in [0, 0.05) is 32.0 Å². The fourth-order valence-electron chi connectivity index (χ4n) is 4.45. The second-order valence-electron chi connectivity index (χ2n) is 7.99. The number of ether oxygens (including phenoxy) is 1. The van der Waals surface area contributed by atoms with Crippen LogP contribution in [0.1, 0.15) is 29.9 Å². The van der Waals surface area contributed by atoms with E-state index in [2.05, 4.69) is 22.8 Å². The highest BCUT2D eigenvalue weighted by Crippen LogP contribution is 2.44. The maximum absolute atomic E-state index is 12.5. The number of carbonyl (C=O) groups excluding carboxylic acids is 3. The van der Waals surface area contributed by atoms with Gasteiger partial charge in [-0.15, -0.1) is 0 Å². The highest BCUT2D eigenvalue weighted by molar-refractivity contribution is 5.91. The first-order valence-electron chi connectivity index (χ1n) is 10.8. The highest BCUT2D eigenvalue weighted by Gasteiger charge is 2.34. The van der Waals surface area contributed by atoms with Crippen LogP contribution in [0.25, 0.3) is 11.1 Å². The molecule has 1 heterocycles. The molecule has 0 spiro atoms. The van der Waals surface area contributed by atoms with Gasteiger partial charge in [-0.3, -0.25) is 14.4 Å². The number of piperazine rings is 1. The molecule has 9 nitrogen and oxygen atoms in total. The third kappa shape index (κ3) is 4.82. The van der Waals surface area contributed by atoms with Crippen molar-refractivity contribution in [3.05, 3.63) is 59.7 Å². The SMILES string of the molecule is O=C(O)CC1C(=O)NCCN1C(=O)CCNC(=O)OCC1c2ccccc2-c2ccccc21. The van der Waals surface area contributed by atoms with E-state index in [1.54, 1.807) is 0 Å². The molecule has 2 aromatic carbocycles. The van der Waals surface area contributed by atoms with Crippen LogP contribution in [0.5, 0.6) is 0 Å². The molecule has 0 bridgehead atoms. The Morgan fingerprint density at radius 3 is 2.33 bits per heavy atom. The minimum Gasteiger partial charge on any atom is -0.481 e. The predicted molar refractivity (Wildman–Crippen MR) is 118 cm³/mol. The number of rotatable bonds is 7. The largest absolute Gasteiger partial charge is 0.481 e. The highest BCUT2D eigenvalue weighted by atomic mass is 16.5. The molecule has 9 heteroatoms. The number of hydrogen-bond acceptors (Lipinski definition) is 5. The molecule has 1 aliphatic carbocycles. The van der Waals surface area contributed by atoms with E-state index < -0.39 is 36.3 Å². The van der Waals surface area contributed by atoms with Gasteiger partial charge in [-0.05, 0) is 22.3 Å². The monoisotopic (exact) mass is 451 g/mol. The zero-order valence-electron chi connectivity index (χ0n) is 18.0. The summed E-state index contributed by atoms with van der Waals surface area (Å²) in [4.78, 5) is 49.0. The van der Waals surface area contributed by atoms with Crippen LogP contribution in [0.4, 0.5) is 4.79 Å². The summed E-state index contributed by atoms with van der Waals surface area (Å²) in [6.45, 7) is 0.683. The Labute approximate surface area is 190 Å². The molecular formula is C24H25N3O6. The number of carboxylic acids is 1. The van der Waals surface area contributed by atoms with Gasteiger partial charge in [-0.25, -0.2) is 4.79 Å². The molecule has 2 aromatic rings. The van der Waals surface area contributed by atoms with Crippen molar-refractivity contribution in [1.82, 2.24) is 15.5 Å². The first kappa shape index (κ1) is 22.3. The Bertz CT molecular complexity index is 1040. The minimum absolute atomic E-state index is 0.0212. The third-order valence-corrected chi connectivity index (χ3v) is 5.97. The fraction of sp³-hybridized carbons (Fsp3) is 0.333. The molecule has 2 aliphatic rings. The standard InChI is InChI=1S/C24H25N3O6/c28-21(27-12-11-25-23(31)20(27)13-22(29)30)9-10-26-24(32)33-14-19-17-7-3-1-5-15(17)16-6-2-4-8-18(16)19/h1-8,19-20H,9-14H2,(H,25,31)(H,26,32)(H,29,30). The smallest absolute Gasteiger partial charge is 0.407 e. The summed E-state index contributed by atoms with van der Waals surface area (Å²) in [7, 11) is 0. The van der Waals surface area contributed by atoms with Gasteiger partial charge in [0.05, 0.1) is 6.42 Å². The maximum atomic E-state index is 12.5. The zero-order valence-corrected chi connectivity index (χ0v) is 18.0. The average Bonchev–Trinajstić information content (AvgIpc) is 3.12. The number of carbonyl (C=O) groups is 4. The van der Waals surface area contributed by atoms with Crippen LogP contribution in [-0.2, 0) is 19.1 Å². The molecule has 0 saturated carbocycles. The first-order chi connectivity index (χ1) is 16.0. The number of fused-ring (bicyclic) bond motifs is 3. The summed E-state index contributed by atoms with van der Waals surface area (Å²) in [5.41, 5.74) is 4.48. The number of alkyl carbamates (subject to hydrolysis) is 1. The molecule has 33 heavy (non-hydrogen) atoms. The first-order valence-corrected chi connectivity index (χ1v) is 10.8. The zero-order chi connectivity index (χ0) is 23.4. The Balaban J connectivity index is 1.28. The molecule has 1 atom stereocenters. The lowest BCUT2D eigenvalue weighted by molar-refractivity contribution is -0.148. The van der Waals surface area contributed by atoms with Gasteiger partial charge >= 0.3 is 12.1 Å². The Morgan fingerprint density at radius 2 is 1.70 bits per heavy atom. The second-order valence-corrected chi connectivity index (χ2v) is 7.99.